The van der Waals surface area contributed by atoms with Crippen LogP contribution >= 0.6 is 0 Å². The first kappa shape index (κ1) is 10.7. The molecule has 0 aliphatic rings. The molecule has 84 valence electrons. The van der Waals surface area contributed by atoms with Gasteiger partial charge < -0.3 is 9.67 Å². The van der Waals surface area contributed by atoms with Gasteiger partial charge >= 0.3 is 5.97 Å². The molecule has 0 radical (unpaired) electrons. The maximum absolute atomic E-state index is 11.2. The van der Waals surface area contributed by atoms with E-state index in [9.17, 15) is 9.90 Å². The highest BCUT2D eigenvalue weighted by atomic mass is 16.4. The summed E-state index contributed by atoms with van der Waals surface area (Å²) in [6.07, 6.45) is 0. The van der Waals surface area contributed by atoms with Crippen LogP contribution in [0.1, 0.15) is 27.2 Å². The summed E-state index contributed by atoms with van der Waals surface area (Å²) in [6.45, 7) is 5.96. The van der Waals surface area contributed by atoms with Crippen molar-refractivity contribution in [2.75, 3.05) is 0 Å². The van der Waals surface area contributed by atoms with Crippen molar-refractivity contribution in [2.45, 2.75) is 20.8 Å². The number of carboxylic acid groups (broad SMARTS) is 1. The number of hydrogen-bond acceptors (Lipinski definition) is 1. The van der Waals surface area contributed by atoms with Crippen molar-refractivity contribution in [3.8, 4) is 0 Å². The highest BCUT2D eigenvalue weighted by Crippen LogP contribution is 2.28. The number of aromatic nitrogens is 1. The molecule has 1 aromatic heterocycles. The fourth-order valence-electron chi connectivity index (χ4n) is 2.20. The minimum Gasteiger partial charge on any atom is -0.478 e. The monoisotopic (exact) mass is 217 g/mol. The lowest BCUT2D eigenvalue weighted by molar-refractivity contribution is 0.0698. The summed E-state index contributed by atoms with van der Waals surface area (Å²) in [4.78, 5) is 11.2. The van der Waals surface area contributed by atoms with Crippen LogP contribution < -0.4 is 0 Å². The lowest BCUT2D eigenvalue weighted by atomic mass is 10.0. The molecule has 16 heavy (non-hydrogen) atoms. The molecule has 0 bridgehead atoms. The SMILES string of the molecule is Cc1cc(C(=O)O)c2c(c1)c(C)c(C)n2C. The maximum atomic E-state index is 11.2. The number of aryl methyl sites for hydroxylation is 3. The van der Waals surface area contributed by atoms with Crippen LogP contribution in [0.25, 0.3) is 10.9 Å². The van der Waals surface area contributed by atoms with Gasteiger partial charge in [0.25, 0.3) is 0 Å². The van der Waals surface area contributed by atoms with Gasteiger partial charge in [0.15, 0.2) is 0 Å². The summed E-state index contributed by atoms with van der Waals surface area (Å²) in [6, 6.07) is 3.77. The van der Waals surface area contributed by atoms with Crippen molar-refractivity contribution in [3.05, 3.63) is 34.5 Å². The van der Waals surface area contributed by atoms with Gasteiger partial charge in [-0.2, -0.15) is 0 Å². The number of rotatable bonds is 1. The lowest BCUT2D eigenvalue weighted by Gasteiger charge is -2.04. The normalized spacial score (nSPS) is 11.0. The van der Waals surface area contributed by atoms with Crippen molar-refractivity contribution in [1.29, 1.82) is 0 Å². The summed E-state index contributed by atoms with van der Waals surface area (Å²) in [5.41, 5.74) is 4.45. The molecule has 2 aromatic rings. The third-order valence-electron chi connectivity index (χ3n) is 3.27. The van der Waals surface area contributed by atoms with Gasteiger partial charge in [-0.25, -0.2) is 4.79 Å². The van der Waals surface area contributed by atoms with E-state index in [0.717, 1.165) is 27.7 Å². The summed E-state index contributed by atoms with van der Waals surface area (Å²) in [5.74, 6) is -0.866. The number of carboxylic acids is 1. The first-order valence-electron chi connectivity index (χ1n) is 5.23. The minimum absolute atomic E-state index is 0.383. The highest BCUT2D eigenvalue weighted by molar-refractivity contribution is 6.04. The Labute approximate surface area is 94.3 Å². The standard InChI is InChI=1S/C13H15NO2/c1-7-5-10-8(2)9(3)14(4)12(10)11(6-7)13(15)16/h5-6H,1-4H3,(H,15,16). The number of benzene rings is 1. The third kappa shape index (κ3) is 1.32. The molecular formula is C13H15NO2. The quantitative estimate of drug-likeness (QED) is 0.798. The molecule has 0 unspecified atom stereocenters. The van der Waals surface area contributed by atoms with Crippen molar-refractivity contribution in [3.63, 3.8) is 0 Å². The second kappa shape index (κ2) is 3.37. The molecular weight excluding hydrogens is 202 g/mol. The fourth-order valence-corrected chi connectivity index (χ4v) is 2.20. The number of nitrogens with zero attached hydrogens (tertiary/aromatic N) is 1. The van der Waals surface area contributed by atoms with E-state index < -0.39 is 5.97 Å². The number of carbonyl (C=O) groups is 1. The molecule has 0 atom stereocenters. The summed E-state index contributed by atoms with van der Waals surface area (Å²) >= 11 is 0. The van der Waals surface area contributed by atoms with Crippen molar-refractivity contribution >= 4 is 16.9 Å². The summed E-state index contributed by atoms with van der Waals surface area (Å²) < 4.78 is 1.95. The topological polar surface area (TPSA) is 42.2 Å². The van der Waals surface area contributed by atoms with Crippen molar-refractivity contribution in [1.82, 2.24) is 4.57 Å². The van der Waals surface area contributed by atoms with Gasteiger partial charge in [-0.05, 0) is 44.0 Å². The van der Waals surface area contributed by atoms with Crippen molar-refractivity contribution in [2.24, 2.45) is 7.05 Å². The molecule has 1 aromatic carbocycles. The Morgan fingerprint density at radius 3 is 2.44 bits per heavy atom. The molecule has 0 aliphatic carbocycles. The van der Waals surface area contributed by atoms with Gasteiger partial charge in [0.05, 0.1) is 11.1 Å². The van der Waals surface area contributed by atoms with E-state index in [1.54, 1.807) is 6.07 Å². The van der Waals surface area contributed by atoms with Gasteiger partial charge in [0.2, 0.25) is 0 Å². The van der Waals surface area contributed by atoms with Crippen LogP contribution in [0.15, 0.2) is 12.1 Å². The molecule has 1 heterocycles. The summed E-state index contributed by atoms with van der Waals surface area (Å²) in [7, 11) is 1.91. The van der Waals surface area contributed by atoms with Crippen LogP contribution in [0.2, 0.25) is 0 Å². The molecule has 0 saturated heterocycles. The van der Waals surface area contributed by atoms with Crippen molar-refractivity contribution < 1.29 is 9.90 Å². The predicted molar refractivity (Wildman–Crippen MR) is 64.1 cm³/mol. The molecule has 0 fully saturated rings. The van der Waals surface area contributed by atoms with E-state index >= 15 is 0 Å². The molecule has 0 aliphatic heterocycles. The molecule has 0 saturated carbocycles. The van der Waals surface area contributed by atoms with E-state index in [2.05, 4.69) is 0 Å². The van der Waals surface area contributed by atoms with Crippen LogP contribution in [-0.4, -0.2) is 15.6 Å². The van der Waals surface area contributed by atoms with Crippen LogP contribution in [0.5, 0.6) is 0 Å². The van der Waals surface area contributed by atoms with E-state index in [4.69, 9.17) is 0 Å². The Morgan fingerprint density at radius 1 is 1.25 bits per heavy atom. The van der Waals surface area contributed by atoms with Gasteiger partial charge in [-0.15, -0.1) is 0 Å². The fraction of sp³-hybridized carbons (Fsp3) is 0.308. The second-order valence-corrected chi connectivity index (χ2v) is 4.28. The Bertz CT molecular complexity index is 594. The summed E-state index contributed by atoms with van der Waals surface area (Å²) in [5, 5.41) is 10.3. The zero-order chi connectivity index (χ0) is 12.0. The number of fused-ring (bicyclic) bond motifs is 1. The average molecular weight is 217 g/mol. The van der Waals surface area contributed by atoms with Gasteiger partial charge in [-0.1, -0.05) is 0 Å². The first-order chi connectivity index (χ1) is 7.43. The average Bonchev–Trinajstić information content (AvgIpc) is 2.43. The number of hydrogen-bond donors (Lipinski definition) is 1. The Hall–Kier alpha value is -1.77. The minimum atomic E-state index is -0.866. The van der Waals surface area contributed by atoms with E-state index in [0.29, 0.717) is 5.56 Å². The third-order valence-corrected chi connectivity index (χ3v) is 3.27. The van der Waals surface area contributed by atoms with Gasteiger partial charge in [0, 0.05) is 18.1 Å². The Balaban J connectivity index is 3.02. The zero-order valence-corrected chi connectivity index (χ0v) is 9.96. The molecule has 0 amide bonds. The largest absolute Gasteiger partial charge is 0.478 e. The molecule has 3 nitrogen and oxygen atoms in total. The first-order valence-corrected chi connectivity index (χ1v) is 5.23. The van der Waals surface area contributed by atoms with E-state index in [1.807, 2.05) is 38.5 Å². The van der Waals surface area contributed by atoms with Crippen LogP contribution in [0.4, 0.5) is 0 Å². The molecule has 1 N–H and O–H groups in total. The lowest BCUT2D eigenvalue weighted by Crippen LogP contribution is -2.02. The molecule has 3 heteroatoms. The van der Waals surface area contributed by atoms with Gasteiger partial charge in [-0.3, -0.25) is 0 Å². The highest BCUT2D eigenvalue weighted by Gasteiger charge is 2.16. The van der Waals surface area contributed by atoms with E-state index in [1.165, 1.54) is 0 Å². The zero-order valence-electron chi connectivity index (χ0n) is 9.96. The Kier molecular flexibility index (Phi) is 2.26. The second-order valence-electron chi connectivity index (χ2n) is 4.28. The van der Waals surface area contributed by atoms with E-state index in [-0.39, 0.29) is 0 Å². The molecule has 0 spiro atoms. The smallest absolute Gasteiger partial charge is 0.337 e. The maximum Gasteiger partial charge on any atom is 0.337 e. The van der Waals surface area contributed by atoms with Crippen LogP contribution in [0.3, 0.4) is 0 Å². The number of aromatic carboxylic acids is 1. The molecule has 2 rings (SSSR count). The van der Waals surface area contributed by atoms with Crippen LogP contribution in [-0.2, 0) is 7.05 Å². The Morgan fingerprint density at radius 2 is 1.88 bits per heavy atom. The van der Waals surface area contributed by atoms with Gasteiger partial charge in [0.1, 0.15) is 0 Å². The van der Waals surface area contributed by atoms with Crippen LogP contribution in [0, 0.1) is 20.8 Å². The predicted octanol–water partition coefficient (Wildman–Crippen LogP) is 2.80.